The number of halogens is 3. The summed E-state index contributed by atoms with van der Waals surface area (Å²) in [4.78, 5) is 0. The summed E-state index contributed by atoms with van der Waals surface area (Å²) in [6.45, 7) is 3.27. The Kier molecular flexibility index (Phi) is 15.3. The molecule has 0 rings (SSSR count). The zero-order valence-electron chi connectivity index (χ0n) is 3.50. The maximum absolute atomic E-state index is 4.81. The molecule has 0 bridgehead atoms. The molecule has 41 valence electrons. The van der Waals surface area contributed by atoms with Gasteiger partial charge in [0.05, 0.1) is 10.2 Å². The van der Waals surface area contributed by atoms with Crippen molar-refractivity contribution in [1.82, 2.24) is 0 Å². The van der Waals surface area contributed by atoms with E-state index in [4.69, 9.17) is 34.8 Å². The third-order valence-corrected chi connectivity index (χ3v) is 0. The molecule has 0 atom stereocenters. The Hall–Kier alpha value is 0.827. The molecule has 0 N–H and O–H groups in total. The Labute approximate surface area is 61.9 Å². The van der Waals surface area contributed by atoms with Crippen molar-refractivity contribution in [2.75, 3.05) is 0 Å². The lowest BCUT2D eigenvalue weighted by Crippen LogP contribution is -1.55. The van der Waals surface area contributed by atoms with Crippen LogP contribution in [0.3, 0.4) is 0 Å². The quantitative estimate of drug-likeness (QED) is 0.390. The summed E-state index contributed by atoms with van der Waals surface area (Å²) in [6, 6.07) is 0. The predicted molar refractivity (Wildman–Crippen MR) is 37.3 cm³/mol. The van der Waals surface area contributed by atoms with Gasteiger partial charge in [0, 0.05) is 0 Å². The van der Waals surface area contributed by atoms with E-state index in [9.17, 15) is 0 Å². The van der Waals surface area contributed by atoms with Crippen molar-refractivity contribution in [3.05, 3.63) is 12.3 Å². The lowest BCUT2D eigenvalue weighted by Gasteiger charge is -1.69. The van der Waals surface area contributed by atoms with Crippen LogP contribution in [0.4, 0.5) is 0 Å². The second-order valence-corrected chi connectivity index (χ2v) is 2.84. The summed E-state index contributed by atoms with van der Waals surface area (Å²) in [5.41, 5.74) is 1.56. The van der Waals surface area contributed by atoms with E-state index in [0.29, 0.717) is 0 Å². The second kappa shape index (κ2) is 9.95. The van der Waals surface area contributed by atoms with Gasteiger partial charge in [-0.15, -0.1) is 12.3 Å². The molecule has 7 heavy (non-hydrogen) atoms. The van der Waals surface area contributed by atoms with Crippen molar-refractivity contribution in [3.63, 3.8) is 0 Å². The van der Waals surface area contributed by atoms with Crippen LogP contribution in [0.2, 0.25) is 0 Å². The second-order valence-electron chi connectivity index (χ2n) is 0.452. The van der Waals surface area contributed by atoms with Crippen molar-refractivity contribution < 1.29 is 0 Å². The van der Waals surface area contributed by atoms with Gasteiger partial charge in [0.1, 0.15) is 0 Å². The molecule has 0 aromatic carbocycles. The molecule has 0 aromatic heterocycles. The van der Waals surface area contributed by atoms with Gasteiger partial charge in [-0.05, 0) is 0 Å². The third kappa shape index (κ3) is 233. The minimum absolute atomic E-state index is 0.750. The molecule has 0 aliphatic carbocycles. The normalized spacial score (nSPS) is 7.00. The van der Waals surface area contributed by atoms with Gasteiger partial charge in [-0.1, -0.05) is 34.8 Å². The maximum Gasteiger partial charge on any atom is 0.180 e. The first-order valence-corrected chi connectivity index (χ1v) is 3.24. The molecule has 0 aromatic rings. The number of rotatable bonds is 0. The van der Waals surface area contributed by atoms with Crippen LogP contribution < -0.4 is 0 Å². The molecule has 0 fully saturated rings. The van der Waals surface area contributed by atoms with Gasteiger partial charge in [-0.2, -0.15) is 0 Å². The van der Waals surface area contributed by atoms with Crippen LogP contribution in [0.15, 0.2) is 12.3 Å². The van der Waals surface area contributed by atoms with E-state index in [1.807, 2.05) is 0 Å². The summed E-state index contributed by atoms with van der Waals surface area (Å²) in [7, 11) is 2.95. The standard InChI is InChI=1S/C2H3Si.CHCl3/c1-2-3;2-1(3)4/h2H,1H2;1H. The SMILES string of the molecule is C=C[Si].ClC(Cl)Cl. The molecule has 0 saturated carbocycles. The van der Waals surface area contributed by atoms with E-state index in [1.165, 1.54) is 0 Å². The molecule has 0 amide bonds. The highest BCUT2D eigenvalue weighted by molar-refractivity contribution is 6.63. The zero-order valence-corrected chi connectivity index (χ0v) is 6.76. The Morgan fingerprint density at radius 1 is 1.43 bits per heavy atom. The summed E-state index contributed by atoms with van der Waals surface area (Å²) in [5, 5.41) is 0. The van der Waals surface area contributed by atoms with E-state index in [2.05, 4.69) is 16.8 Å². The fourth-order valence-electron chi connectivity index (χ4n) is 0. The van der Waals surface area contributed by atoms with Crippen molar-refractivity contribution >= 4 is 45.0 Å². The lowest BCUT2D eigenvalue weighted by molar-refractivity contribution is 1.96. The molecule has 3 radical (unpaired) electrons. The van der Waals surface area contributed by atoms with Gasteiger partial charge >= 0.3 is 0 Å². The summed E-state index contributed by atoms with van der Waals surface area (Å²) < 4.78 is -0.750. The first kappa shape index (κ1) is 10.7. The average Bonchev–Trinajstić information content (AvgIpc) is 1.33. The van der Waals surface area contributed by atoms with Crippen molar-refractivity contribution in [2.24, 2.45) is 0 Å². The highest BCUT2D eigenvalue weighted by Crippen LogP contribution is 2.03. The van der Waals surface area contributed by atoms with E-state index in [1.54, 1.807) is 5.70 Å². The summed E-state index contributed by atoms with van der Waals surface area (Å²) in [5.74, 6) is 0. The van der Waals surface area contributed by atoms with Gasteiger partial charge in [0.25, 0.3) is 0 Å². The first-order valence-electron chi connectivity index (χ1n) is 1.35. The van der Waals surface area contributed by atoms with Crippen LogP contribution in [-0.2, 0) is 0 Å². The Balaban J connectivity index is 0. The van der Waals surface area contributed by atoms with Crippen LogP contribution >= 0.6 is 34.8 Å². The van der Waals surface area contributed by atoms with Gasteiger partial charge in [0.15, 0.2) is 4.30 Å². The van der Waals surface area contributed by atoms with Crippen molar-refractivity contribution in [1.29, 1.82) is 0 Å². The van der Waals surface area contributed by atoms with Gasteiger partial charge in [-0.3, -0.25) is 0 Å². The van der Waals surface area contributed by atoms with Crippen molar-refractivity contribution in [3.8, 4) is 0 Å². The molecule has 0 aliphatic heterocycles. The monoisotopic (exact) mass is 173 g/mol. The van der Waals surface area contributed by atoms with Gasteiger partial charge < -0.3 is 0 Å². The largest absolute Gasteiger partial charge is 0.180 e. The molecule has 0 nitrogen and oxygen atoms in total. The van der Waals surface area contributed by atoms with Crippen LogP contribution in [0.5, 0.6) is 0 Å². The molecule has 0 spiro atoms. The van der Waals surface area contributed by atoms with E-state index >= 15 is 0 Å². The number of hydrogen-bond acceptors (Lipinski definition) is 0. The predicted octanol–water partition coefficient (Wildman–Crippen LogP) is 2.28. The van der Waals surface area contributed by atoms with Crippen LogP contribution in [0, 0.1) is 0 Å². The Morgan fingerprint density at radius 3 is 1.43 bits per heavy atom. The lowest BCUT2D eigenvalue weighted by atomic mass is 11.3. The highest BCUT2D eigenvalue weighted by atomic mass is 35.6. The first-order chi connectivity index (χ1) is 3.15. The molecular weight excluding hydrogens is 170 g/mol. The smallest absolute Gasteiger partial charge is 0.109 e. The molecule has 4 heteroatoms. The van der Waals surface area contributed by atoms with Crippen LogP contribution in [0.25, 0.3) is 0 Å². The van der Waals surface area contributed by atoms with E-state index in [-0.39, 0.29) is 0 Å². The van der Waals surface area contributed by atoms with Crippen LogP contribution in [0.1, 0.15) is 0 Å². The van der Waals surface area contributed by atoms with Gasteiger partial charge in [0.2, 0.25) is 0 Å². The fourth-order valence-corrected chi connectivity index (χ4v) is 0. The Morgan fingerprint density at radius 2 is 1.43 bits per heavy atom. The number of alkyl halides is 3. The van der Waals surface area contributed by atoms with E-state index in [0.717, 1.165) is 0 Å². The fraction of sp³-hybridized carbons (Fsp3) is 0.333. The molecule has 0 aliphatic rings. The minimum atomic E-state index is -0.750. The highest BCUT2D eigenvalue weighted by Gasteiger charge is 1.78. The molecular formula is C3H4Cl3Si. The summed E-state index contributed by atoms with van der Waals surface area (Å²) >= 11 is 14.4. The Bertz CT molecular complexity index is 34.4. The van der Waals surface area contributed by atoms with Crippen LogP contribution in [-0.4, -0.2) is 14.5 Å². The number of hydrogen-bond donors (Lipinski definition) is 0. The molecule has 0 heterocycles. The van der Waals surface area contributed by atoms with E-state index < -0.39 is 4.30 Å². The van der Waals surface area contributed by atoms with Gasteiger partial charge in [-0.25, -0.2) is 0 Å². The topological polar surface area (TPSA) is 0 Å². The molecule has 0 unspecified atom stereocenters. The third-order valence-electron chi connectivity index (χ3n) is 0. The zero-order chi connectivity index (χ0) is 6.28. The maximum atomic E-state index is 4.81. The summed E-state index contributed by atoms with van der Waals surface area (Å²) in [6.07, 6.45) is 0. The average molecular weight is 175 g/mol. The molecule has 0 saturated heterocycles. The van der Waals surface area contributed by atoms with Crippen molar-refractivity contribution in [2.45, 2.75) is 4.30 Å². The minimum Gasteiger partial charge on any atom is -0.109 e.